The maximum absolute atomic E-state index is 11.0. The van der Waals surface area contributed by atoms with E-state index in [1.807, 2.05) is 45.0 Å². The quantitative estimate of drug-likeness (QED) is 0.778. The first-order valence-electron chi connectivity index (χ1n) is 6.31. The molecule has 0 aliphatic carbocycles. The van der Waals surface area contributed by atoms with Gasteiger partial charge >= 0.3 is 0 Å². The van der Waals surface area contributed by atoms with Crippen LogP contribution in [0.15, 0.2) is 24.3 Å². The largest absolute Gasteiger partial charge is 0.491 e. The van der Waals surface area contributed by atoms with E-state index in [9.17, 15) is 4.79 Å². The Hall–Kier alpha value is -1.55. The van der Waals surface area contributed by atoms with E-state index in [0.29, 0.717) is 6.42 Å². The molecule has 1 rings (SSSR count). The van der Waals surface area contributed by atoms with Gasteiger partial charge in [0, 0.05) is 12.5 Å². The van der Waals surface area contributed by atoms with Crippen LogP contribution in [0.5, 0.6) is 5.75 Å². The van der Waals surface area contributed by atoms with E-state index in [2.05, 4.69) is 5.32 Å². The summed E-state index contributed by atoms with van der Waals surface area (Å²) in [6.07, 6.45) is 0.462. The molecule has 0 saturated heterocycles. The van der Waals surface area contributed by atoms with Crippen molar-refractivity contribution in [2.75, 3.05) is 6.54 Å². The van der Waals surface area contributed by atoms with Crippen LogP contribution in [0.2, 0.25) is 0 Å². The number of hydrogen-bond acceptors (Lipinski definition) is 3. The van der Waals surface area contributed by atoms with Crippen LogP contribution in [0, 0.1) is 0 Å². The predicted molar refractivity (Wildman–Crippen MR) is 72.4 cm³/mol. The van der Waals surface area contributed by atoms with Gasteiger partial charge in [-0.3, -0.25) is 4.79 Å². The van der Waals surface area contributed by atoms with Gasteiger partial charge < -0.3 is 15.8 Å². The van der Waals surface area contributed by atoms with Gasteiger partial charge in [0.05, 0.1) is 6.10 Å². The monoisotopic (exact) mass is 250 g/mol. The zero-order valence-corrected chi connectivity index (χ0v) is 11.3. The Morgan fingerprint density at radius 3 is 2.39 bits per heavy atom. The third kappa shape index (κ3) is 4.75. The van der Waals surface area contributed by atoms with Crippen molar-refractivity contribution in [1.29, 1.82) is 0 Å². The van der Waals surface area contributed by atoms with Gasteiger partial charge in [-0.2, -0.15) is 0 Å². The molecule has 3 N–H and O–H groups in total. The SMILES string of the molecule is CCNC(CC(N)=O)c1ccc(OC(C)C)cc1. The summed E-state index contributed by atoms with van der Waals surface area (Å²) in [5.41, 5.74) is 6.30. The molecule has 0 saturated carbocycles. The highest BCUT2D eigenvalue weighted by Crippen LogP contribution is 2.20. The third-order valence-electron chi connectivity index (χ3n) is 2.51. The van der Waals surface area contributed by atoms with E-state index in [4.69, 9.17) is 10.5 Å². The Labute approximate surface area is 109 Å². The van der Waals surface area contributed by atoms with Gasteiger partial charge in [0.1, 0.15) is 5.75 Å². The number of hydrogen-bond donors (Lipinski definition) is 2. The second-order valence-electron chi connectivity index (χ2n) is 4.52. The van der Waals surface area contributed by atoms with Gasteiger partial charge in [0.2, 0.25) is 5.91 Å². The van der Waals surface area contributed by atoms with Crippen LogP contribution < -0.4 is 15.8 Å². The number of nitrogens with two attached hydrogens (primary N) is 1. The lowest BCUT2D eigenvalue weighted by molar-refractivity contribution is -0.118. The van der Waals surface area contributed by atoms with Crippen molar-refractivity contribution in [3.05, 3.63) is 29.8 Å². The zero-order valence-electron chi connectivity index (χ0n) is 11.3. The van der Waals surface area contributed by atoms with E-state index >= 15 is 0 Å². The molecule has 0 fully saturated rings. The van der Waals surface area contributed by atoms with Crippen molar-refractivity contribution in [2.24, 2.45) is 5.73 Å². The maximum Gasteiger partial charge on any atom is 0.219 e. The summed E-state index contributed by atoms with van der Waals surface area (Å²) in [6, 6.07) is 7.74. The van der Waals surface area contributed by atoms with Crippen molar-refractivity contribution in [3.63, 3.8) is 0 Å². The third-order valence-corrected chi connectivity index (χ3v) is 2.51. The number of amides is 1. The van der Waals surface area contributed by atoms with Crippen molar-refractivity contribution < 1.29 is 9.53 Å². The molecule has 0 spiro atoms. The molecule has 4 nitrogen and oxygen atoms in total. The van der Waals surface area contributed by atoms with Crippen LogP contribution in [-0.4, -0.2) is 18.6 Å². The molecular formula is C14H22N2O2. The number of nitrogens with one attached hydrogen (secondary N) is 1. The molecule has 0 heterocycles. The molecule has 0 aromatic heterocycles. The Bertz CT molecular complexity index is 374. The summed E-state index contributed by atoms with van der Waals surface area (Å²) in [7, 11) is 0. The van der Waals surface area contributed by atoms with Gasteiger partial charge in [-0.05, 0) is 38.1 Å². The van der Waals surface area contributed by atoms with E-state index in [0.717, 1.165) is 17.9 Å². The zero-order chi connectivity index (χ0) is 13.5. The number of primary amides is 1. The molecule has 0 aliphatic heterocycles. The second kappa shape index (κ2) is 7.01. The number of ether oxygens (including phenoxy) is 1. The Balaban J connectivity index is 2.76. The number of rotatable bonds is 7. The van der Waals surface area contributed by atoms with Gasteiger partial charge in [0.15, 0.2) is 0 Å². The maximum atomic E-state index is 11.0. The normalized spacial score (nSPS) is 12.4. The van der Waals surface area contributed by atoms with E-state index in [1.165, 1.54) is 0 Å². The second-order valence-corrected chi connectivity index (χ2v) is 4.52. The number of carbonyl (C=O) groups excluding carboxylic acids is 1. The van der Waals surface area contributed by atoms with Crippen LogP contribution in [0.25, 0.3) is 0 Å². The summed E-state index contributed by atoms with van der Waals surface area (Å²) >= 11 is 0. The van der Waals surface area contributed by atoms with Crippen molar-refractivity contribution >= 4 is 5.91 Å². The highest BCUT2D eigenvalue weighted by molar-refractivity contribution is 5.74. The van der Waals surface area contributed by atoms with E-state index in [-0.39, 0.29) is 18.1 Å². The topological polar surface area (TPSA) is 64.3 Å². The van der Waals surface area contributed by atoms with Gasteiger partial charge in [0.25, 0.3) is 0 Å². The molecular weight excluding hydrogens is 228 g/mol. The summed E-state index contributed by atoms with van der Waals surface area (Å²) in [4.78, 5) is 11.0. The lowest BCUT2D eigenvalue weighted by Crippen LogP contribution is -2.26. The molecule has 0 bridgehead atoms. The molecule has 1 aromatic carbocycles. The predicted octanol–water partition coefficient (Wildman–Crippen LogP) is 2.00. The molecule has 1 amide bonds. The highest BCUT2D eigenvalue weighted by atomic mass is 16.5. The summed E-state index contributed by atoms with van der Waals surface area (Å²) in [5.74, 6) is 0.534. The molecule has 1 aromatic rings. The highest BCUT2D eigenvalue weighted by Gasteiger charge is 2.13. The lowest BCUT2D eigenvalue weighted by Gasteiger charge is -2.17. The molecule has 0 radical (unpaired) electrons. The minimum absolute atomic E-state index is 0.0272. The first-order valence-corrected chi connectivity index (χ1v) is 6.31. The first kappa shape index (κ1) is 14.5. The standard InChI is InChI=1S/C14H22N2O2/c1-4-16-13(9-14(15)17)11-5-7-12(8-6-11)18-10(2)3/h5-8,10,13,16H,4,9H2,1-3H3,(H2,15,17). The minimum Gasteiger partial charge on any atom is -0.491 e. The Kier molecular flexibility index (Phi) is 5.65. The average Bonchev–Trinajstić information content (AvgIpc) is 2.28. The van der Waals surface area contributed by atoms with Crippen LogP contribution in [0.3, 0.4) is 0 Å². The van der Waals surface area contributed by atoms with Crippen LogP contribution in [0.1, 0.15) is 38.8 Å². The molecule has 100 valence electrons. The fourth-order valence-corrected chi connectivity index (χ4v) is 1.81. The molecule has 18 heavy (non-hydrogen) atoms. The van der Waals surface area contributed by atoms with Gasteiger partial charge in [-0.25, -0.2) is 0 Å². The minimum atomic E-state index is -0.302. The number of benzene rings is 1. The summed E-state index contributed by atoms with van der Waals surface area (Å²) in [5, 5.41) is 3.25. The van der Waals surface area contributed by atoms with Crippen LogP contribution in [0.4, 0.5) is 0 Å². The van der Waals surface area contributed by atoms with E-state index < -0.39 is 0 Å². The molecule has 1 unspecified atom stereocenters. The summed E-state index contributed by atoms with van der Waals surface area (Å²) < 4.78 is 5.58. The molecule has 4 heteroatoms. The Morgan fingerprint density at radius 2 is 1.94 bits per heavy atom. The first-order chi connectivity index (χ1) is 8.52. The summed E-state index contributed by atoms with van der Waals surface area (Å²) in [6.45, 7) is 6.78. The van der Waals surface area contributed by atoms with Gasteiger partial charge in [-0.1, -0.05) is 19.1 Å². The average molecular weight is 250 g/mol. The van der Waals surface area contributed by atoms with E-state index in [1.54, 1.807) is 0 Å². The fourth-order valence-electron chi connectivity index (χ4n) is 1.81. The van der Waals surface area contributed by atoms with Crippen molar-refractivity contribution in [1.82, 2.24) is 5.32 Å². The van der Waals surface area contributed by atoms with Crippen LogP contribution in [-0.2, 0) is 4.79 Å². The number of carbonyl (C=O) groups is 1. The van der Waals surface area contributed by atoms with Crippen LogP contribution >= 0.6 is 0 Å². The Morgan fingerprint density at radius 1 is 1.33 bits per heavy atom. The van der Waals surface area contributed by atoms with Crippen molar-refractivity contribution in [3.8, 4) is 5.75 Å². The molecule has 0 aliphatic rings. The lowest BCUT2D eigenvalue weighted by atomic mass is 10.0. The smallest absolute Gasteiger partial charge is 0.219 e. The van der Waals surface area contributed by atoms with Crippen molar-refractivity contribution in [2.45, 2.75) is 39.3 Å². The van der Waals surface area contributed by atoms with Gasteiger partial charge in [-0.15, -0.1) is 0 Å². The molecule has 1 atom stereocenters. The fraction of sp³-hybridized carbons (Fsp3) is 0.500.